The second-order valence-corrected chi connectivity index (χ2v) is 13.9. The molecule has 5 nitrogen and oxygen atoms in total. The summed E-state index contributed by atoms with van der Waals surface area (Å²) >= 11 is 0. The van der Waals surface area contributed by atoms with Gasteiger partial charge in [-0.3, -0.25) is 9.59 Å². The molecule has 1 aromatic rings. The van der Waals surface area contributed by atoms with E-state index in [1.807, 2.05) is 30.3 Å². The molecule has 284 valence electrons. The van der Waals surface area contributed by atoms with Gasteiger partial charge in [-0.25, -0.2) is 0 Å². The highest BCUT2D eigenvalue weighted by atomic mass is 16.6. The summed E-state index contributed by atoms with van der Waals surface area (Å²) in [6.07, 6.45) is 42.7. The number of esters is 2. The predicted octanol–water partition coefficient (Wildman–Crippen LogP) is 13.4. The van der Waals surface area contributed by atoms with Gasteiger partial charge in [-0.15, -0.1) is 0 Å². The SMILES string of the molecule is CCCCC/C=C\C/C=C\CCCCCCCC(=O)OC(CNc1ccccc1)COC(=O)CCCCCCC/C=C\CCCCCCCC. The molecule has 0 heterocycles. The highest BCUT2D eigenvalue weighted by Gasteiger charge is 2.17. The van der Waals surface area contributed by atoms with Crippen LogP contribution in [0.4, 0.5) is 5.69 Å². The van der Waals surface area contributed by atoms with Crippen LogP contribution in [-0.4, -0.2) is 31.2 Å². The van der Waals surface area contributed by atoms with Gasteiger partial charge in [0.25, 0.3) is 0 Å². The summed E-state index contributed by atoms with van der Waals surface area (Å²) in [5.41, 5.74) is 0.946. The normalized spacial score (nSPS) is 12.3. The van der Waals surface area contributed by atoms with Gasteiger partial charge in [-0.2, -0.15) is 0 Å². The molecule has 1 unspecified atom stereocenters. The van der Waals surface area contributed by atoms with E-state index in [1.54, 1.807) is 0 Å². The second-order valence-electron chi connectivity index (χ2n) is 13.9. The number of carbonyl (C=O) groups excluding carboxylic acids is 2. The first-order valence-electron chi connectivity index (χ1n) is 20.7. The van der Waals surface area contributed by atoms with E-state index in [0.29, 0.717) is 19.4 Å². The Hall–Kier alpha value is -2.82. The van der Waals surface area contributed by atoms with Crippen molar-refractivity contribution < 1.29 is 19.1 Å². The van der Waals surface area contributed by atoms with Crippen molar-refractivity contribution in [3.63, 3.8) is 0 Å². The maximum absolute atomic E-state index is 12.7. The minimum Gasteiger partial charge on any atom is -0.462 e. The summed E-state index contributed by atoms with van der Waals surface area (Å²) in [6, 6.07) is 9.83. The van der Waals surface area contributed by atoms with Gasteiger partial charge in [0, 0.05) is 18.5 Å². The smallest absolute Gasteiger partial charge is 0.306 e. The third-order valence-corrected chi connectivity index (χ3v) is 9.01. The van der Waals surface area contributed by atoms with Crippen molar-refractivity contribution in [2.75, 3.05) is 18.5 Å². The number of unbranched alkanes of at least 4 members (excludes halogenated alkanes) is 19. The first kappa shape index (κ1) is 45.2. The van der Waals surface area contributed by atoms with Crippen LogP contribution < -0.4 is 5.32 Å². The van der Waals surface area contributed by atoms with Crippen LogP contribution in [0.2, 0.25) is 0 Å². The van der Waals surface area contributed by atoms with Crippen molar-refractivity contribution in [1.82, 2.24) is 0 Å². The number of hydrogen-bond donors (Lipinski definition) is 1. The number of hydrogen-bond acceptors (Lipinski definition) is 5. The zero-order chi connectivity index (χ0) is 36.0. The maximum atomic E-state index is 12.7. The Morgan fingerprint density at radius 2 is 1.00 bits per heavy atom. The standard InChI is InChI=1S/C45H75NO4/c1-3-5-7-9-11-13-15-17-19-21-23-25-27-29-34-38-44(47)49-41-43(40-46-42-36-32-31-33-37-42)50-45(48)39-35-30-28-26-24-22-20-18-16-14-12-10-8-6-4-2/h12,14,17-20,31-33,36-37,43,46H,3-11,13,15-16,21-30,34-35,38-41H2,1-2H3/b14-12-,19-17-,20-18-. The third kappa shape index (κ3) is 31.2. The zero-order valence-electron chi connectivity index (χ0n) is 32.4. The molecule has 50 heavy (non-hydrogen) atoms. The van der Waals surface area contributed by atoms with Crippen molar-refractivity contribution in [2.24, 2.45) is 0 Å². The van der Waals surface area contributed by atoms with E-state index in [1.165, 1.54) is 96.3 Å². The monoisotopic (exact) mass is 694 g/mol. The van der Waals surface area contributed by atoms with Crippen LogP contribution in [0.1, 0.15) is 181 Å². The number of nitrogens with one attached hydrogen (secondary N) is 1. The van der Waals surface area contributed by atoms with Crippen molar-refractivity contribution in [3.05, 3.63) is 66.8 Å². The van der Waals surface area contributed by atoms with Crippen LogP contribution in [0.15, 0.2) is 66.8 Å². The molecular formula is C45H75NO4. The van der Waals surface area contributed by atoms with E-state index >= 15 is 0 Å². The number of allylic oxidation sites excluding steroid dienone is 6. The van der Waals surface area contributed by atoms with E-state index in [2.05, 4.69) is 55.6 Å². The fraction of sp³-hybridized carbons (Fsp3) is 0.689. The average Bonchev–Trinajstić information content (AvgIpc) is 3.13. The largest absolute Gasteiger partial charge is 0.462 e. The average molecular weight is 694 g/mol. The molecule has 0 spiro atoms. The van der Waals surface area contributed by atoms with E-state index in [9.17, 15) is 9.59 Å². The van der Waals surface area contributed by atoms with Crippen LogP contribution in [0.5, 0.6) is 0 Å². The molecule has 0 aliphatic carbocycles. The number of ether oxygens (including phenoxy) is 2. The number of carbonyl (C=O) groups is 2. The van der Waals surface area contributed by atoms with Gasteiger partial charge in [0.05, 0.1) is 6.54 Å². The number of benzene rings is 1. The molecule has 0 aliphatic heterocycles. The summed E-state index contributed by atoms with van der Waals surface area (Å²) in [4.78, 5) is 25.1. The van der Waals surface area contributed by atoms with E-state index in [-0.39, 0.29) is 18.5 Å². The Morgan fingerprint density at radius 3 is 1.56 bits per heavy atom. The van der Waals surface area contributed by atoms with E-state index in [4.69, 9.17) is 9.47 Å². The fourth-order valence-electron chi connectivity index (χ4n) is 5.85. The van der Waals surface area contributed by atoms with E-state index < -0.39 is 6.10 Å². The predicted molar refractivity (Wildman–Crippen MR) is 215 cm³/mol. The first-order valence-corrected chi connectivity index (χ1v) is 20.7. The molecular weight excluding hydrogens is 618 g/mol. The summed E-state index contributed by atoms with van der Waals surface area (Å²) in [5, 5.41) is 3.31. The van der Waals surface area contributed by atoms with Crippen LogP contribution in [0.25, 0.3) is 0 Å². The lowest BCUT2D eigenvalue weighted by Crippen LogP contribution is -2.31. The molecule has 0 aliphatic rings. The third-order valence-electron chi connectivity index (χ3n) is 9.01. The second kappa shape index (κ2) is 36.0. The van der Waals surface area contributed by atoms with Gasteiger partial charge in [-0.1, -0.05) is 152 Å². The molecule has 1 N–H and O–H groups in total. The van der Waals surface area contributed by atoms with Crippen LogP contribution in [-0.2, 0) is 19.1 Å². The molecule has 0 aromatic heterocycles. The van der Waals surface area contributed by atoms with Gasteiger partial charge < -0.3 is 14.8 Å². The lowest BCUT2D eigenvalue weighted by Gasteiger charge is -2.19. The van der Waals surface area contributed by atoms with Crippen LogP contribution in [0.3, 0.4) is 0 Å². The van der Waals surface area contributed by atoms with Gasteiger partial charge >= 0.3 is 11.9 Å². The van der Waals surface area contributed by atoms with Gasteiger partial charge in [0.2, 0.25) is 0 Å². The fourth-order valence-corrected chi connectivity index (χ4v) is 5.85. The highest BCUT2D eigenvalue weighted by molar-refractivity contribution is 5.70. The summed E-state index contributed by atoms with van der Waals surface area (Å²) < 4.78 is 11.3. The Kier molecular flexibility index (Phi) is 32.5. The molecule has 5 heteroatoms. The Labute approximate surface area is 308 Å². The quantitative estimate of drug-likeness (QED) is 0.0435. The first-order chi connectivity index (χ1) is 24.7. The van der Waals surface area contributed by atoms with Gasteiger partial charge in [0.15, 0.2) is 6.10 Å². The summed E-state index contributed by atoms with van der Waals surface area (Å²) in [5.74, 6) is -0.430. The molecule has 1 rings (SSSR count). The number of rotatable bonds is 35. The minimum atomic E-state index is -0.515. The van der Waals surface area contributed by atoms with Gasteiger partial charge in [-0.05, 0) is 82.8 Å². The lowest BCUT2D eigenvalue weighted by atomic mass is 10.1. The molecule has 0 saturated carbocycles. The molecule has 1 atom stereocenters. The zero-order valence-corrected chi connectivity index (χ0v) is 32.4. The van der Waals surface area contributed by atoms with Crippen LogP contribution in [0, 0.1) is 0 Å². The lowest BCUT2D eigenvalue weighted by molar-refractivity contribution is -0.158. The molecule has 0 bridgehead atoms. The van der Waals surface area contributed by atoms with Crippen molar-refractivity contribution >= 4 is 17.6 Å². The number of para-hydroxylation sites is 1. The van der Waals surface area contributed by atoms with Crippen molar-refractivity contribution in [1.29, 1.82) is 0 Å². The Bertz CT molecular complexity index is 986. The summed E-state index contributed by atoms with van der Waals surface area (Å²) in [7, 11) is 0. The molecule has 0 amide bonds. The highest BCUT2D eigenvalue weighted by Crippen LogP contribution is 2.13. The Morgan fingerprint density at radius 1 is 0.560 bits per heavy atom. The molecule has 0 fully saturated rings. The van der Waals surface area contributed by atoms with Crippen LogP contribution >= 0.6 is 0 Å². The number of anilines is 1. The topological polar surface area (TPSA) is 64.6 Å². The van der Waals surface area contributed by atoms with Crippen molar-refractivity contribution in [2.45, 2.75) is 187 Å². The molecule has 0 radical (unpaired) electrons. The summed E-state index contributed by atoms with van der Waals surface area (Å²) in [6.45, 7) is 4.99. The molecule has 1 aromatic carbocycles. The van der Waals surface area contributed by atoms with E-state index in [0.717, 1.165) is 63.5 Å². The van der Waals surface area contributed by atoms with Gasteiger partial charge in [0.1, 0.15) is 6.61 Å². The van der Waals surface area contributed by atoms with Crippen molar-refractivity contribution in [3.8, 4) is 0 Å². The maximum Gasteiger partial charge on any atom is 0.306 e. The minimum absolute atomic E-state index is 0.0810. The Balaban J connectivity index is 2.17. The molecule has 0 saturated heterocycles.